The summed E-state index contributed by atoms with van der Waals surface area (Å²) >= 11 is 0. The molecule has 22 heavy (non-hydrogen) atoms. The summed E-state index contributed by atoms with van der Waals surface area (Å²) < 4.78 is 0. The number of hydrogen-bond acceptors (Lipinski definition) is 7. The van der Waals surface area contributed by atoms with Crippen LogP contribution < -0.4 is 20.9 Å². The lowest BCUT2D eigenvalue weighted by Gasteiger charge is -2.27. The molecule has 1 aromatic heterocycles. The topological polar surface area (TPSA) is 78.0 Å². The highest BCUT2D eigenvalue weighted by Gasteiger charge is 2.23. The lowest BCUT2D eigenvalue weighted by molar-refractivity contribution is 0.579. The molecule has 2 saturated carbocycles. The number of hydrogen-bond donors (Lipinski definition) is 3. The lowest BCUT2D eigenvalue weighted by atomic mass is 10.4. The highest BCUT2D eigenvalue weighted by Crippen LogP contribution is 2.30. The van der Waals surface area contributed by atoms with Gasteiger partial charge in [-0.05, 0) is 37.5 Å². The van der Waals surface area contributed by atoms with Crippen molar-refractivity contribution in [3.8, 4) is 0 Å². The van der Waals surface area contributed by atoms with Crippen LogP contribution in [0.3, 0.4) is 0 Å². The number of rotatable bonds is 7. The van der Waals surface area contributed by atoms with Gasteiger partial charge in [-0.2, -0.15) is 15.0 Å². The van der Waals surface area contributed by atoms with Crippen LogP contribution >= 0.6 is 0 Å². The average Bonchev–Trinajstić information content (AvgIpc) is 3.47. The van der Waals surface area contributed by atoms with Crippen molar-refractivity contribution in [1.29, 1.82) is 0 Å². The molecule has 2 heterocycles. The van der Waals surface area contributed by atoms with E-state index in [1.54, 1.807) is 0 Å². The second-order valence-corrected chi connectivity index (χ2v) is 6.67. The van der Waals surface area contributed by atoms with Crippen molar-refractivity contribution >= 4 is 17.8 Å². The van der Waals surface area contributed by atoms with Crippen LogP contribution in [0, 0.1) is 11.8 Å². The largest absolute Gasteiger partial charge is 0.354 e. The standard InChI is InChI=1S/C15H25N7/c1-2-11(1)9-17-13-19-14(18-10-12-3-4-12)21-15(20-13)22-7-5-16-6-8-22/h11-12,16H,1-10H2,(H2,17,18,19,20,21). The number of aromatic nitrogens is 3. The quantitative estimate of drug-likeness (QED) is 0.691. The van der Waals surface area contributed by atoms with Crippen LogP contribution in [0.2, 0.25) is 0 Å². The Kier molecular flexibility index (Phi) is 3.97. The van der Waals surface area contributed by atoms with Crippen LogP contribution in [0.25, 0.3) is 0 Å². The van der Waals surface area contributed by atoms with Crippen molar-refractivity contribution in [3.05, 3.63) is 0 Å². The number of piperazine rings is 1. The van der Waals surface area contributed by atoms with Crippen LogP contribution in [0.4, 0.5) is 17.8 Å². The van der Waals surface area contributed by atoms with Gasteiger partial charge in [0.15, 0.2) is 0 Å². The van der Waals surface area contributed by atoms with Gasteiger partial charge in [-0.3, -0.25) is 0 Å². The normalized spacial score (nSPS) is 21.7. The van der Waals surface area contributed by atoms with Crippen molar-refractivity contribution in [2.75, 3.05) is 54.8 Å². The fraction of sp³-hybridized carbons (Fsp3) is 0.800. The van der Waals surface area contributed by atoms with E-state index in [0.29, 0.717) is 11.9 Å². The molecule has 3 aliphatic rings. The molecule has 2 aliphatic carbocycles. The fourth-order valence-corrected chi connectivity index (χ4v) is 2.64. The number of nitrogens with one attached hydrogen (secondary N) is 3. The molecule has 0 bridgehead atoms. The Morgan fingerprint density at radius 1 is 0.864 bits per heavy atom. The summed E-state index contributed by atoms with van der Waals surface area (Å²) in [6.45, 7) is 5.84. The van der Waals surface area contributed by atoms with Gasteiger partial charge in [-0.25, -0.2) is 0 Å². The predicted molar refractivity (Wildman–Crippen MR) is 87.3 cm³/mol. The molecule has 0 spiro atoms. The molecule has 0 atom stereocenters. The SMILES string of the molecule is C1CN(c2nc(NCC3CC3)nc(NCC3CC3)n2)CCN1. The molecule has 3 fully saturated rings. The Balaban J connectivity index is 1.48. The maximum absolute atomic E-state index is 4.62. The molecule has 4 rings (SSSR count). The molecule has 1 saturated heterocycles. The second kappa shape index (κ2) is 6.24. The predicted octanol–water partition coefficient (Wildman–Crippen LogP) is 0.925. The van der Waals surface area contributed by atoms with E-state index in [4.69, 9.17) is 0 Å². The molecule has 0 aromatic carbocycles. The molecular weight excluding hydrogens is 278 g/mol. The van der Waals surface area contributed by atoms with Gasteiger partial charge in [0, 0.05) is 39.3 Å². The molecule has 7 nitrogen and oxygen atoms in total. The summed E-state index contributed by atoms with van der Waals surface area (Å²) in [5.41, 5.74) is 0. The minimum atomic E-state index is 0.716. The van der Waals surface area contributed by atoms with Crippen LogP contribution in [-0.4, -0.2) is 54.2 Å². The first-order valence-corrected chi connectivity index (χ1v) is 8.56. The highest BCUT2D eigenvalue weighted by molar-refractivity contribution is 5.44. The molecule has 0 unspecified atom stereocenters. The Bertz CT molecular complexity index is 472. The first kappa shape index (κ1) is 14.0. The Morgan fingerprint density at radius 2 is 1.41 bits per heavy atom. The van der Waals surface area contributed by atoms with Gasteiger partial charge < -0.3 is 20.9 Å². The fourth-order valence-electron chi connectivity index (χ4n) is 2.64. The third-order valence-electron chi connectivity index (χ3n) is 4.51. The van der Waals surface area contributed by atoms with Crippen LogP contribution in [0.1, 0.15) is 25.7 Å². The maximum atomic E-state index is 4.62. The first-order chi connectivity index (χ1) is 10.9. The van der Waals surface area contributed by atoms with E-state index in [1.807, 2.05) is 0 Å². The van der Waals surface area contributed by atoms with Crippen molar-refractivity contribution in [3.63, 3.8) is 0 Å². The lowest BCUT2D eigenvalue weighted by Crippen LogP contribution is -2.44. The summed E-state index contributed by atoms with van der Waals surface area (Å²) in [7, 11) is 0. The van der Waals surface area contributed by atoms with Crippen molar-refractivity contribution < 1.29 is 0 Å². The molecule has 1 aromatic rings. The number of nitrogens with zero attached hydrogens (tertiary/aromatic N) is 4. The molecular formula is C15H25N7. The Morgan fingerprint density at radius 3 is 1.91 bits per heavy atom. The third-order valence-corrected chi connectivity index (χ3v) is 4.51. The van der Waals surface area contributed by atoms with E-state index in [2.05, 4.69) is 35.8 Å². The minimum absolute atomic E-state index is 0.716. The van der Waals surface area contributed by atoms with Gasteiger partial charge in [0.25, 0.3) is 0 Å². The molecule has 0 amide bonds. The van der Waals surface area contributed by atoms with Crippen molar-refractivity contribution in [2.24, 2.45) is 11.8 Å². The van der Waals surface area contributed by atoms with Gasteiger partial charge >= 0.3 is 0 Å². The van der Waals surface area contributed by atoms with Gasteiger partial charge in [-0.1, -0.05) is 0 Å². The van der Waals surface area contributed by atoms with E-state index in [-0.39, 0.29) is 0 Å². The van der Waals surface area contributed by atoms with Crippen LogP contribution in [0.5, 0.6) is 0 Å². The maximum Gasteiger partial charge on any atom is 0.232 e. The van der Waals surface area contributed by atoms with Crippen molar-refractivity contribution in [2.45, 2.75) is 25.7 Å². The summed E-state index contributed by atoms with van der Waals surface area (Å²) in [6, 6.07) is 0. The van der Waals surface area contributed by atoms with Gasteiger partial charge in [0.2, 0.25) is 17.8 Å². The van der Waals surface area contributed by atoms with Crippen LogP contribution in [0.15, 0.2) is 0 Å². The third kappa shape index (κ3) is 3.76. The zero-order valence-electron chi connectivity index (χ0n) is 13.0. The van der Waals surface area contributed by atoms with Gasteiger partial charge in [0.05, 0.1) is 0 Å². The van der Waals surface area contributed by atoms with E-state index in [9.17, 15) is 0 Å². The van der Waals surface area contributed by atoms with Gasteiger partial charge in [-0.15, -0.1) is 0 Å². The summed E-state index contributed by atoms with van der Waals surface area (Å²) in [6.07, 6.45) is 5.32. The monoisotopic (exact) mass is 303 g/mol. The van der Waals surface area contributed by atoms with Crippen molar-refractivity contribution in [1.82, 2.24) is 20.3 Å². The van der Waals surface area contributed by atoms with E-state index in [1.165, 1.54) is 25.7 Å². The second-order valence-electron chi connectivity index (χ2n) is 6.67. The Hall–Kier alpha value is -1.63. The zero-order chi connectivity index (χ0) is 14.8. The van der Waals surface area contributed by atoms with E-state index in [0.717, 1.165) is 57.1 Å². The summed E-state index contributed by atoms with van der Waals surface area (Å²) in [4.78, 5) is 16.0. The molecule has 120 valence electrons. The van der Waals surface area contributed by atoms with Gasteiger partial charge in [0.1, 0.15) is 0 Å². The highest BCUT2D eigenvalue weighted by atomic mass is 15.3. The zero-order valence-corrected chi connectivity index (χ0v) is 13.0. The minimum Gasteiger partial charge on any atom is -0.354 e. The first-order valence-electron chi connectivity index (χ1n) is 8.56. The smallest absolute Gasteiger partial charge is 0.232 e. The molecule has 7 heteroatoms. The molecule has 1 aliphatic heterocycles. The summed E-state index contributed by atoms with van der Waals surface area (Å²) in [5, 5.41) is 10.1. The Labute approximate surface area is 131 Å². The summed E-state index contributed by atoms with van der Waals surface area (Å²) in [5.74, 6) is 3.85. The molecule has 0 radical (unpaired) electrons. The molecule has 3 N–H and O–H groups in total. The van der Waals surface area contributed by atoms with E-state index < -0.39 is 0 Å². The van der Waals surface area contributed by atoms with E-state index >= 15 is 0 Å². The average molecular weight is 303 g/mol. The van der Waals surface area contributed by atoms with Crippen LogP contribution in [-0.2, 0) is 0 Å². The number of anilines is 3.